The van der Waals surface area contributed by atoms with Crippen LogP contribution in [0.1, 0.15) is 27.2 Å². The van der Waals surface area contributed by atoms with Crippen LogP contribution in [-0.4, -0.2) is 6.61 Å². The molecule has 48 valence electrons. The quantitative estimate of drug-likeness (QED) is 0.512. The molecule has 0 rings (SSSR count). The van der Waals surface area contributed by atoms with Crippen LogP contribution in [0.25, 0.3) is 0 Å². The molecule has 0 aliphatic rings. The molecule has 0 aromatic carbocycles. The first-order valence-corrected chi connectivity index (χ1v) is 3.13. The predicted octanol–water partition coefficient (Wildman–Crippen LogP) is 2.34. The van der Waals surface area contributed by atoms with Gasteiger partial charge in [0.05, 0.1) is 12.4 Å². The van der Waals surface area contributed by atoms with Gasteiger partial charge >= 0.3 is 0 Å². The van der Waals surface area contributed by atoms with E-state index in [9.17, 15) is 0 Å². The van der Waals surface area contributed by atoms with Crippen LogP contribution in [0.3, 0.4) is 0 Å². The smallest absolute Gasteiger partial charge is 0.0914 e. The maximum atomic E-state index is 5.20. The summed E-state index contributed by atoms with van der Waals surface area (Å²) < 4.78 is 5.20. The SMILES string of the molecule is C/C=C(/CC)OCC. The van der Waals surface area contributed by atoms with Gasteiger partial charge in [0.1, 0.15) is 0 Å². The molecule has 0 bridgehead atoms. The van der Waals surface area contributed by atoms with Crippen molar-refractivity contribution >= 4 is 0 Å². The molecule has 0 aromatic rings. The summed E-state index contributed by atoms with van der Waals surface area (Å²) in [6, 6.07) is 0. The van der Waals surface area contributed by atoms with Gasteiger partial charge in [-0.1, -0.05) is 6.92 Å². The molecule has 8 heavy (non-hydrogen) atoms. The van der Waals surface area contributed by atoms with Gasteiger partial charge in [-0.25, -0.2) is 0 Å². The highest BCUT2D eigenvalue weighted by Gasteiger charge is 1.86. The topological polar surface area (TPSA) is 9.23 Å². The van der Waals surface area contributed by atoms with Gasteiger partial charge in [-0.05, 0) is 19.9 Å². The van der Waals surface area contributed by atoms with E-state index >= 15 is 0 Å². The molecular weight excluding hydrogens is 100 g/mol. The lowest BCUT2D eigenvalue weighted by molar-refractivity contribution is 0.220. The summed E-state index contributed by atoms with van der Waals surface area (Å²) in [5, 5.41) is 0. The Morgan fingerprint density at radius 3 is 2.25 bits per heavy atom. The molecule has 1 heteroatoms. The molecule has 1 nitrogen and oxygen atoms in total. The van der Waals surface area contributed by atoms with Crippen LogP contribution in [0, 0.1) is 0 Å². The predicted molar refractivity (Wildman–Crippen MR) is 35.7 cm³/mol. The molecule has 0 saturated heterocycles. The second-order valence-corrected chi connectivity index (χ2v) is 1.54. The number of ether oxygens (including phenoxy) is 1. The van der Waals surface area contributed by atoms with E-state index in [1.54, 1.807) is 0 Å². The Morgan fingerprint density at radius 2 is 2.12 bits per heavy atom. The zero-order chi connectivity index (χ0) is 6.41. The summed E-state index contributed by atoms with van der Waals surface area (Å²) in [6.45, 7) is 6.87. The molecule has 0 radical (unpaired) electrons. The highest BCUT2D eigenvalue weighted by Crippen LogP contribution is 2.00. The van der Waals surface area contributed by atoms with Crippen molar-refractivity contribution in [3.63, 3.8) is 0 Å². The lowest BCUT2D eigenvalue weighted by Crippen LogP contribution is -1.87. The lowest BCUT2D eigenvalue weighted by Gasteiger charge is -2.02. The van der Waals surface area contributed by atoms with Crippen LogP contribution >= 0.6 is 0 Å². The summed E-state index contributed by atoms with van der Waals surface area (Å²) in [4.78, 5) is 0. The van der Waals surface area contributed by atoms with E-state index in [1.165, 1.54) is 0 Å². The Morgan fingerprint density at radius 1 is 1.50 bits per heavy atom. The fourth-order valence-corrected chi connectivity index (χ4v) is 0.575. The average molecular weight is 114 g/mol. The lowest BCUT2D eigenvalue weighted by atomic mass is 10.4. The molecule has 0 saturated carbocycles. The maximum Gasteiger partial charge on any atom is 0.0914 e. The maximum absolute atomic E-state index is 5.20. The first-order chi connectivity index (χ1) is 3.85. The van der Waals surface area contributed by atoms with E-state index in [2.05, 4.69) is 6.92 Å². The average Bonchev–Trinajstić information content (AvgIpc) is 1.83. The van der Waals surface area contributed by atoms with Crippen LogP contribution in [0.5, 0.6) is 0 Å². The molecule has 0 amide bonds. The Bertz CT molecular complexity index is 74.5. The minimum absolute atomic E-state index is 0.785. The highest BCUT2D eigenvalue weighted by atomic mass is 16.5. The van der Waals surface area contributed by atoms with Gasteiger partial charge in [0, 0.05) is 6.42 Å². The Kier molecular flexibility index (Phi) is 4.42. The van der Waals surface area contributed by atoms with Gasteiger partial charge in [-0.3, -0.25) is 0 Å². The van der Waals surface area contributed by atoms with Gasteiger partial charge in [-0.15, -0.1) is 0 Å². The third-order valence-electron chi connectivity index (χ3n) is 1.00. The van der Waals surface area contributed by atoms with E-state index in [0.717, 1.165) is 18.8 Å². The van der Waals surface area contributed by atoms with Crippen molar-refractivity contribution < 1.29 is 4.74 Å². The van der Waals surface area contributed by atoms with Crippen molar-refractivity contribution in [3.8, 4) is 0 Å². The molecule has 0 spiro atoms. The molecule has 0 fully saturated rings. The van der Waals surface area contributed by atoms with Gasteiger partial charge in [0.25, 0.3) is 0 Å². The summed E-state index contributed by atoms with van der Waals surface area (Å²) in [5.74, 6) is 1.09. The Labute approximate surface area is 51.4 Å². The molecule has 0 aromatic heterocycles. The van der Waals surface area contributed by atoms with E-state index in [0.29, 0.717) is 0 Å². The number of hydrogen-bond donors (Lipinski definition) is 0. The van der Waals surface area contributed by atoms with E-state index in [4.69, 9.17) is 4.74 Å². The minimum Gasteiger partial charge on any atom is -0.499 e. The first kappa shape index (κ1) is 7.54. The van der Waals surface area contributed by atoms with E-state index < -0.39 is 0 Å². The number of rotatable bonds is 3. The minimum atomic E-state index is 0.785. The number of hydrogen-bond acceptors (Lipinski definition) is 1. The van der Waals surface area contributed by atoms with Gasteiger partial charge in [-0.2, -0.15) is 0 Å². The van der Waals surface area contributed by atoms with Crippen LogP contribution in [-0.2, 0) is 4.74 Å². The van der Waals surface area contributed by atoms with Crippen molar-refractivity contribution in [3.05, 3.63) is 11.8 Å². The molecule has 0 N–H and O–H groups in total. The first-order valence-electron chi connectivity index (χ1n) is 3.13. The molecule has 0 unspecified atom stereocenters. The third-order valence-corrected chi connectivity index (χ3v) is 1.00. The summed E-state index contributed by atoms with van der Waals surface area (Å²) in [7, 11) is 0. The number of allylic oxidation sites excluding steroid dienone is 2. The highest BCUT2D eigenvalue weighted by molar-refractivity contribution is 4.87. The van der Waals surface area contributed by atoms with Crippen molar-refractivity contribution in [1.29, 1.82) is 0 Å². The zero-order valence-electron chi connectivity index (χ0n) is 5.90. The van der Waals surface area contributed by atoms with Crippen LogP contribution in [0.2, 0.25) is 0 Å². The van der Waals surface area contributed by atoms with Gasteiger partial charge < -0.3 is 4.74 Å². The molecule has 0 aliphatic heterocycles. The summed E-state index contributed by atoms with van der Waals surface area (Å²) >= 11 is 0. The van der Waals surface area contributed by atoms with Gasteiger partial charge in [0.2, 0.25) is 0 Å². The summed E-state index contributed by atoms with van der Waals surface area (Å²) in [6.07, 6.45) is 3.01. The van der Waals surface area contributed by atoms with Crippen LogP contribution in [0.4, 0.5) is 0 Å². The molecular formula is C7H14O. The van der Waals surface area contributed by atoms with Crippen molar-refractivity contribution in [1.82, 2.24) is 0 Å². The second-order valence-electron chi connectivity index (χ2n) is 1.54. The monoisotopic (exact) mass is 114 g/mol. The fourth-order valence-electron chi connectivity index (χ4n) is 0.575. The van der Waals surface area contributed by atoms with E-state index in [-0.39, 0.29) is 0 Å². The fraction of sp³-hybridized carbons (Fsp3) is 0.714. The zero-order valence-corrected chi connectivity index (χ0v) is 5.90. The summed E-state index contributed by atoms with van der Waals surface area (Å²) in [5.41, 5.74) is 0. The van der Waals surface area contributed by atoms with Gasteiger partial charge in [0.15, 0.2) is 0 Å². The molecule has 0 aliphatic carbocycles. The van der Waals surface area contributed by atoms with Crippen LogP contribution < -0.4 is 0 Å². The normalized spacial score (nSPS) is 11.6. The Hall–Kier alpha value is -0.460. The van der Waals surface area contributed by atoms with Crippen molar-refractivity contribution in [2.45, 2.75) is 27.2 Å². The standard InChI is InChI=1S/C7H14O/c1-4-7(5-2)8-6-3/h4H,5-6H2,1-3H3/b7-4-. The molecule has 0 heterocycles. The van der Waals surface area contributed by atoms with Crippen molar-refractivity contribution in [2.75, 3.05) is 6.61 Å². The Balaban J connectivity index is 3.38. The third kappa shape index (κ3) is 2.67. The largest absolute Gasteiger partial charge is 0.499 e. The van der Waals surface area contributed by atoms with Crippen molar-refractivity contribution in [2.24, 2.45) is 0 Å². The second kappa shape index (κ2) is 4.69. The van der Waals surface area contributed by atoms with E-state index in [1.807, 2.05) is 19.9 Å². The van der Waals surface area contributed by atoms with Crippen LogP contribution in [0.15, 0.2) is 11.8 Å². The molecule has 0 atom stereocenters.